The molecule has 7 aliphatic rings. The average molecular weight is 981 g/mol. The molecule has 3 aromatic rings. The summed E-state index contributed by atoms with van der Waals surface area (Å²) in [6.45, 7) is 13.6. The molecule has 0 radical (unpaired) electrons. The Hall–Kier alpha value is -4.66. The number of nitrogens with zero attached hydrogens (tertiary/aromatic N) is 8. The maximum absolute atomic E-state index is 14.5. The molecule has 4 saturated heterocycles. The molecule has 5 heterocycles. The van der Waals surface area contributed by atoms with Crippen molar-refractivity contribution in [3.8, 4) is 0 Å². The molecule has 0 spiro atoms. The molecule has 70 heavy (non-hydrogen) atoms. The lowest BCUT2D eigenvalue weighted by Gasteiger charge is -2.41. The van der Waals surface area contributed by atoms with Crippen LogP contribution in [0.5, 0.6) is 0 Å². The zero-order valence-corrected chi connectivity index (χ0v) is 42.2. The van der Waals surface area contributed by atoms with E-state index in [4.69, 9.17) is 16.6 Å². The normalized spacial score (nSPS) is 22.7. The van der Waals surface area contributed by atoms with Crippen molar-refractivity contribution in [1.82, 2.24) is 39.8 Å². The van der Waals surface area contributed by atoms with Gasteiger partial charge in [0, 0.05) is 101 Å². The van der Waals surface area contributed by atoms with E-state index in [1.54, 1.807) is 18.5 Å². The highest BCUT2D eigenvalue weighted by Crippen LogP contribution is 2.38. The standard InChI is InChI=1S/C46H60ClFN8O3.C9H15NO/c1-32-11-16-40-41(32)43(50-31-49-40)54-25-27-55(28-26-54)45(58)38(34-12-14-36(47)15-13-34)30-52-19-17-33(18-20-52)29-53-21-23-56(24-22-53)46(59)42(35-7-3-2-4-8-35)51-44(57)37-9-5-6-10-39(37)48;11-9(8-4-5-8)10-6-2-1-3-7-10/h5-6,9-10,12-15,31-33,35,38,42H,2-4,7-8,11,16-30H2,1H3,(H,51,57);8H,1-7H2. The first-order chi connectivity index (χ1) is 34.1. The number of rotatable bonds is 12. The van der Waals surface area contributed by atoms with Crippen LogP contribution in [0.1, 0.15) is 129 Å². The van der Waals surface area contributed by atoms with Gasteiger partial charge in [-0.25, -0.2) is 14.4 Å². The van der Waals surface area contributed by atoms with Crippen LogP contribution in [0.4, 0.5) is 10.2 Å². The van der Waals surface area contributed by atoms with E-state index < -0.39 is 17.8 Å². The highest BCUT2D eigenvalue weighted by atomic mass is 35.5. The lowest BCUT2D eigenvalue weighted by molar-refractivity contribution is -0.137. The summed E-state index contributed by atoms with van der Waals surface area (Å²) in [6.07, 6.45) is 17.0. The minimum atomic E-state index is -0.639. The van der Waals surface area contributed by atoms with Crippen molar-refractivity contribution in [1.29, 1.82) is 0 Å². The first-order valence-electron chi connectivity index (χ1n) is 26.8. The van der Waals surface area contributed by atoms with Gasteiger partial charge in [0.1, 0.15) is 24.0 Å². The van der Waals surface area contributed by atoms with Gasteiger partial charge in [-0.3, -0.25) is 24.1 Å². The van der Waals surface area contributed by atoms with Gasteiger partial charge in [-0.1, -0.05) is 62.1 Å². The lowest BCUT2D eigenvalue weighted by atomic mass is 9.83. The summed E-state index contributed by atoms with van der Waals surface area (Å²) < 4.78 is 14.5. The minimum absolute atomic E-state index is 0.0187. The van der Waals surface area contributed by atoms with Gasteiger partial charge in [-0.05, 0) is 131 Å². The van der Waals surface area contributed by atoms with Gasteiger partial charge in [0.25, 0.3) is 5.91 Å². The number of likely N-dealkylation sites (tertiary alicyclic amines) is 2. The first-order valence-corrected chi connectivity index (χ1v) is 27.2. The fourth-order valence-electron chi connectivity index (χ4n) is 12.0. The quantitative estimate of drug-likeness (QED) is 0.198. The Kier molecular flexibility index (Phi) is 17.0. The molecule has 4 amide bonds. The Labute approximate surface area is 419 Å². The molecular formula is C55H75ClFN9O4. The number of anilines is 1. The summed E-state index contributed by atoms with van der Waals surface area (Å²) in [6, 6.07) is 13.1. The Morgan fingerprint density at radius 2 is 1.34 bits per heavy atom. The first kappa shape index (κ1) is 50.3. The maximum atomic E-state index is 14.5. The number of hydrogen-bond acceptors (Lipinski definition) is 9. The summed E-state index contributed by atoms with van der Waals surface area (Å²) >= 11 is 6.30. The van der Waals surface area contributed by atoms with E-state index in [2.05, 4.69) is 36.8 Å². The fraction of sp³-hybridized carbons (Fsp3) is 0.636. The number of amides is 4. The SMILES string of the molecule is CC1CCc2ncnc(N3CCN(C(=O)C(CN4CCC(CN5CCN(C(=O)C(NC(=O)c6ccccc6F)C6CCCCC6)CC5)CC4)c4ccc(Cl)cc4)CC3)c21.O=C(C1CC1)N1CCCCC1. The van der Waals surface area contributed by atoms with Crippen LogP contribution in [-0.2, 0) is 20.8 Å². The van der Waals surface area contributed by atoms with Crippen LogP contribution in [0.15, 0.2) is 54.9 Å². The van der Waals surface area contributed by atoms with Crippen LogP contribution >= 0.6 is 11.6 Å². The molecule has 0 bridgehead atoms. The third-order valence-corrected chi connectivity index (χ3v) is 16.7. The predicted molar refractivity (Wildman–Crippen MR) is 271 cm³/mol. The van der Waals surface area contributed by atoms with Gasteiger partial charge in [0.05, 0.1) is 11.5 Å². The van der Waals surface area contributed by atoms with Gasteiger partial charge in [0.15, 0.2) is 0 Å². The third kappa shape index (κ3) is 12.5. The van der Waals surface area contributed by atoms with Crippen LogP contribution in [0.25, 0.3) is 0 Å². The summed E-state index contributed by atoms with van der Waals surface area (Å²) in [5.41, 5.74) is 3.45. The van der Waals surface area contributed by atoms with E-state index in [9.17, 15) is 23.6 Å². The van der Waals surface area contributed by atoms with Crippen molar-refractivity contribution in [2.45, 2.75) is 115 Å². The van der Waals surface area contributed by atoms with Crippen molar-refractivity contribution >= 4 is 41.0 Å². The van der Waals surface area contributed by atoms with Gasteiger partial charge < -0.3 is 29.8 Å². The van der Waals surface area contributed by atoms with E-state index in [1.165, 1.54) is 42.7 Å². The van der Waals surface area contributed by atoms with Crippen LogP contribution in [0.3, 0.4) is 0 Å². The molecule has 3 unspecified atom stereocenters. The van der Waals surface area contributed by atoms with E-state index in [0.29, 0.717) is 61.4 Å². The number of piperidine rings is 2. The summed E-state index contributed by atoms with van der Waals surface area (Å²) in [5, 5.41) is 3.63. The molecule has 2 saturated carbocycles. The molecule has 15 heteroatoms. The largest absolute Gasteiger partial charge is 0.353 e. The van der Waals surface area contributed by atoms with Gasteiger partial charge >= 0.3 is 0 Å². The van der Waals surface area contributed by atoms with Crippen LogP contribution < -0.4 is 10.2 Å². The molecule has 3 atom stereocenters. The molecule has 3 aliphatic carbocycles. The topological polar surface area (TPSA) is 126 Å². The second-order valence-electron chi connectivity index (χ2n) is 21.3. The highest BCUT2D eigenvalue weighted by molar-refractivity contribution is 6.30. The zero-order chi connectivity index (χ0) is 48.6. The van der Waals surface area contributed by atoms with Crippen molar-refractivity contribution in [3.63, 3.8) is 0 Å². The number of benzene rings is 2. The number of aryl methyl sites for hydroxylation is 1. The predicted octanol–water partition coefficient (Wildman–Crippen LogP) is 7.40. The van der Waals surface area contributed by atoms with Crippen molar-refractivity contribution < 1.29 is 23.6 Å². The number of carbonyl (C=O) groups excluding carboxylic acids is 4. The molecular weight excluding hydrogens is 905 g/mol. The Balaban J connectivity index is 0.000000484. The molecule has 1 N–H and O–H groups in total. The molecule has 378 valence electrons. The van der Waals surface area contributed by atoms with Crippen LogP contribution in [0.2, 0.25) is 5.02 Å². The van der Waals surface area contributed by atoms with Crippen LogP contribution in [0, 0.1) is 23.6 Å². The van der Waals surface area contributed by atoms with Crippen LogP contribution in [-0.4, -0.2) is 156 Å². The highest BCUT2D eigenvalue weighted by Gasteiger charge is 2.38. The summed E-state index contributed by atoms with van der Waals surface area (Å²) in [5.74, 6) is 1.77. The smallest absolute Gasteiger partial charge is 0.254 e. The molecule has 4 aliphatic heterocycles. The van der Waals surface area contributed by atoms with E-state index >= 15 is 0 Å². The van der Waals surface area contributed by atoms with Crippen molar-refractivity contribution in [3.05, 3.63) is 88.1 Å². The van der Waals surface area contributed by atoms with E-state index in [-0.39, 0.29) is 29.2 Å². The van der Waals surface area contributed by atoms with Gasteiger partial charge in [-0.2, -0.15) is 0 Å². The van der Waals surface area contributed by atoms with E-state index in [1.807, 2.05) is 34.1 Å². The Morgan fingerprint density at radius 1 is 0.686 bits per heavy atom. The number of halogens is 2. The maximum Gasteiger partial charge on any atom is 0.254 e. The van der Waals surface area contributed by atoms with Crippen molar-refractivity contribution in [2.75, 3.05) is 96.5 Å². The third-order valence-electron chi connectivity index (χ3n) is 16.4. The summed E-state index contributed by atoms with van der Waals surface area (Å²) in [4.78, 5) is 75.6. The van der Waals surface area contributed by atoms with Gasteiger partial charge in [-0.15, -0.1) is 0 Å². The Morgan fingerprint density at radius 3 is 2.03 bits per heavy atom. The van der Waals surface area contributed by atoms with E-state index in [0.717, 1.165) is 141 Å². The van der Waals surface area contributed by atoms with Gasteiger partial charge in [0.2, 0.25) is 17.7 Å². The average Bonchev–Trinajstić information content (AvgIpc) is 4.19. The molecule has 2 aromatic carbocycles. The number of nitrogens with one attached hydrogen (secondary N) is 1. The monoisotopic (exact) mass is 980 g/mol. The second kappa shape index (κ2) is 23.7. The summed E-state index contributed by atoms with van der Waals surface area (Å²) in [7, 11) is 0. The number of hydrogen-bond donors (Lipinski definition) is 1. The number of aromatic nitrogens is 2. The molecule has 10 rings (SSSR count). The minimum Gasteiger partial charge on any atom is -0.353 e. The Bertz CT molecular complexity index is 2250. The number of carbonyl (C=O) groups is 4. The zero-order valence-electron chi connectivity index (χ0n) is 41.4. The second-order valence-corrected chi connectivity index (χ2v) is 21.7. The molecule has 1 aromatic heterocycles. The number of piperazine rings is 2. The lowest BCUT2D eigenvalue weighted by Crippen LogP contribution is -2.57. The molecule has 13 nitrogen and oxygen atoms in total. The number of fused-ring (bicyclic) bond motifs is 1. The molecule has 6 fully saturated rings. The van der Waals surface area contributed by atoms with Crippen molar-refractivity contribution in [2.24, 2.45) is 17.8 Å². The fourth-order valence-corrected chi connectivity index (χ4v) is 12.1.